The Labute approximate surface area is 118 Å². The summed E-state index contributed by atoms with van der Waals surface area (Å²) in [6, 6.07) is 8.90. The van der Waals surface area contributed by atoms with Crippen LogP contribution in [0.2, 0.25) is 0 Å². The minimum absolute atomic E-state index is 0.00789. The van der Waals surface area contributed by atoms with Crippen molar-refractivity contribution in [3.63, 3.8) is 0 Å². The first-order chi connectivity index (χ1) is 9.79. The number of rotatable bonds is 6. The molecule has 0 saturated heterocycles. The lowest BCUT2D eigenvalue weighted by molar-refractivity contribution is -0.111. The molecule has 0 aromatic heterocycles. The van der Waals surface area contributed by atoms with Crippen LogP contribution in [-0.4, -0.2) is 31.1 Å². The zero-order chi connectivity index (χ0) is 14.2. The average molecular weight is 274 g/mol. The van der Waals surface area contributed by atoms with E-state index in [1.54, 1.807) is 24.3 Å². The summed E-state index contributed by atoms with van der Waals surface area (Å²) in [5.41, 5.74) is 0.552. The van der Waals surface area contributed by atoms with E-state index >= 15 is 0 Å². The second-order valence-electron chi connectivity index (χ2n) is 4.65. The molecule has 1 aliphatic rings. The molecule has 1 aromatic rings. The van der Waals surface area contributed by atoms with Crippen LogP contribution in [0, 0.1) is 0 Å². The van der Waals surface area contributed by atoms with Gasteiger partial charge in [-0.3, -0.25) is 0 Å². The third-order valence-electron chi connectivity index (χ3n) is 3.13. The second-order valence-corrected chi connectivity index (χ2v) is 4.65. The zero-order valence-electron chi connectivity index (χ0n) is 11.2. The van der Waals surface area contributed by atoms with Crippen molar-refractivity contribution in [2.24, 2.45) is 0 Å². The first-order valence-corrected chi connectivity index (χ1v) is 6.77. The van der Waals surface area contributed by atoms with Crippen LogP contribution >= 0.6 is 0 Å². The topological polar surface area (TPSA) is 52.6 Å². The van der Waals surface area contributed by atoms with Gasteiger partial charge < -0.3 is 14.3 Å². The first-order valence-electron chi connectivity index (χ1n) is 6.77. The van der Waals surface area contributed by atoms with Gasteiger partial charge in [0.15, 0.2) is 0 Å². The summed E-state index contributed by atoms with van der Waals surface area (Å²) in [7, 11) is 0. The standard InChI is InChI=1S/C16H18O4/c17-11-9-14-7-4-8-15(20-14)10-12-19-16(18)13-5-2-1-3-6-13/h1-7,11,14-15H,8-10,12H2. The predicted molar refractivity (Wildman–Crippen MR) is 74.4 cm³/mol. The first kappa shape index (κ1) is 14.5. The maximum Gasteiger partial charge on any atom is 0.338 e. The van der Waals surface area contributed by atoms with Crippen molar-refractivity contribution < 1.29 is 19.1 Å². The van der Waals surface area contributed by atoms with E-state index in [9.17, 15) is 9.59 Å². The second kappa shape index (κ2) is 7.60. The summed E-state index contributed by atoms with van der Waals surface area (Å²) in [6.45, 7) is 0.319. The highest BCUT2D eigenvalue weighted by Crippen LogP contribution is 2.17. The molecule has 106 valence electrons. The molecule has 2 rings (SSSR count). The van der Waals surface area contributed by atoms with E-state index in [1.807, 2.05) is 18.2 Å². The number of ether oxygens (including phenoxy) is 2. The lowest BCUT2D eigenvalue weighted by Crippen LogP contribution is -2.26. The Bertz CT molecular complexity index is 467. The molecular weight excluding hydrogens is 256 g/mol. The van der Waals surface area contributed by atoms with Crippen molar-refractivity contribution >= 4 is 12.3 Å². The highest BCUT2D eigenvalue weighted by atomic mass is 16.5. The maximum atomic E-state index is 11.7. The lowest BCUT2D eigenvalue weighted by atomic mass is 10.1. The van der Waals surface area contributed by atoms with E-state index in [2.05, 4.69) is 0 Å². The Hall–Kier alpha value is -1.94. The van der Waals surface area contributed by atoms with Crippen molar-refractivity contribution in [1.29, 1.82) is 0 Å². The Kier molecular flexibility index (Phi) is 5.50. The molecule has 4 nitrogen and oxygen atoms in total. The fraction of sp³-hybridized carbons (Fsp3) is 0.375. The van der Waals surface area contributed by atoms with Gasteiger partial charge >= 0.3 is 5.97 Å². The van der Waals surface area contributed by atoms with Crippen molar-refractivity contribution in [2.75, 3.05) is 6.61 Å². The molecule has 1 aliphatic heterocycles. The molecule has 20 heavy (non-hydrogen) atoms. The third kappa shape index (κ3) is 4.31. The van der Waals surface area contributed by atoms with E-state index < -0.39 is 0 Å². The number of aldehydes is 1. The van der Waals surface area contributed by atoms with Gasteiger partial charge in [-0.25, -0.2) is 4.79 Å². The molecule has 1 heterocycles. The van der Waals surface area contributed by atoms with Gasteiger partial charge in [0.25, 0.3) is 0 Å². The Morgan fingerprint density at radius 2 is 2.15 bits per heavy atom. The minimum atomic E-state index is -0.318. The van der Waals surface area contributed by atoms with Crippen LogP contribution in [0.3, 0.4) is 0 Å². The fourth-order valence-electron chi connectivity index (χ4n) is 2.09. The van der Waals surface area contributed by atoms with Gasteiger partial charge in [0, 0.05) is 12.8 Å². The number of esters is 1. The van der Waals surface area contributed by atoms with E-state index in [0.29, 0.717) is 25.0 Å². The Morgan fingerprint density at radius 3 is 2.90 bits per heavy atom. The fourth-order valence-corrected chi connectivity index (χ4v) is 2.09. The largest absolute Gasteiger partial charge is 0.462 e. The van der Waals surface area contributed by atoms with Crippen LogP contribution in [0.15, 0.2) is 42.5 Å². The summed E-state index contributed by atoms with van der Waals surface area (Å²) in [5, 5.41) is 0. The van der Waals surface area contributed by atoms with Crippen molar-refractivity contribution in [3.8, 4) is 0 Å². The van der Waals surface area contributed by atoms with Gasteiger partial charge in [0.2, 0.25) is 0 Å². The molecule has 0 N–H and O–H groups in total. The molecule has 4 heteroatoms. The number of carbonyl (C=O) groups is 2. The molecular formula is C16H18O4. The van der Waals surface area contributed by atoms with Crippen LogP contribution < -0.4 is 0 Å². The summed E-state index contributed by atoms with van der Waals surface area (Å²) < 4.78 is 10.9. The molecule has 2 atom stereocenters. The van der Waals surface area contributed by atoms with Gasteiger partial charge in [-0.15, -0.1) is 0 Å². The molecule has 0 radical (unpaired) electrons. The number of hydrogen-bond donors (Lipinski definition) is 0. The SMILES string of the molecule is O=CCC1C=CCC(CCOC(=O)c2ccccc2)O1. The lowest BCUT2D eigenvalue weighted by Gasteiger charge is -2.24. The van der Waals surface area contributed by atoms with Gasteiger partial charge in [-0.2, -0.15) is 0 Å². The summed E-state index contributed by atoms with van der Waals surface area (Å²) >= 11 is 0. The quantitative estimate of drug-likeness (QED) is 0.454. The highest BCUT2D eigenvalue weighted by Gasteiger charge is 2.18. The predicted octanol–water partition coefficient (Wildman–Crippen LogP) is 2.54. The van der Waals surface area contributed by atoms with Crippen molar-refractivity contribution in [3.05, 3.63) is 48.0 Å². The third-order valence-corrected chi connectivity index (χ3v) is 3.13. The number of benzene rings is 1. The molecule has 0 spiro atoms. The number of carbonyl (C=O) groups excluding carboxylic acids is 2. The van der Waals surface area contributed by atoms with Crippen LogP contribution in [0.1, 0.15) is 29.6 Å². The van der Waals surface area contributed by atoms with Gasteiger partial charge in [0.1, 0.15) is 6.29 Å². The van der Waals surface area contributed by atoms with Crippen LogP contribution in [0.5, 0.6) is 0 Å². The zero-order valence-corrected chi connectivity index (χ0v) is 11.2. The highest BCUT2D eigenvalue weighted by molar-refractivity contribution is 5.89. The molecule has 0 saturated carbocycles. The normalized spacial score (nSPS) is 21.4. The molecule has 1 aromatic carbocycles. The minimum Gasteiger partial charge on any atom is -0.462 e. The summed E-state index contributed by atoms with van der Waals surface area (Å²) in [4.78, 5) is 22.2. The average Bonchev–Trinajstić information content (AvgIpc) is 2.49. The maximum absolute atomic E-state index is 11.7. The van der Waals surface area contributed by atoms with Crippen molar-refractivity contribution in [1.82, 2.24) is 0 Å². The smallest absolute Gasteiger partial charge is 0.338 e. The molecule has 0 amide bonds. The number of hydrogen-bond acceptors (Lipinski definition) is 4. The Morgan fingerprint density at radius 1 is 1.35 bits per heavy atom. The van der Waals surface area contributed by atoms with Crippen LogP contribution in [0.25, 0.3) is 0 Å². The molecule has 0 fully saturated rings. The monoisotopic (exact) mass is 274 g/mol. The molecule has 0 aliphatic carbocycles. The van der Waals surface area contributed by atoms with Gasteiger partial charge in [-0.05, 0) is 18.6 Å². The summed E-state index contributed by atoms with van der Waals surface area (Å²) in [5.74, 6) is -0.318. The molecule has 2 unspecified atom stereocenters. The van der Waals surface area contributed by atoms with E-state index in [-0.39, 0.29) is 18.2 Å². The van der Waals surface area contributed by atoms with Gasteiger partial charge in [-0.1, -0.05) is 30.4 Å². The Balaban J connectivity index is 1.72. The molecule has 0 bridgehead atoms. The van der Waals surface area contributed by atoms with E-state index in [4.69, 9.17) is 9.47 Å². The van der Waals surface area contributed by atoms with Crippen LogP contribution in [-0.2, 0) is 14.3 Å². The summed E-state index contributed by atoms with van der Waals surface area (Å²) in [6.07, 6.45) is 6.44. The van der Waals surface area contributed by atoms with Gasteiger partial charge in [0.05, 0.1) is 24.4 Å². The van der Waals surface area contributed by atoms with Crippen LogP contribution in [0.4, 0.5) is 0 Å². The van der Waals surface area contributed by atoms with E-state index in [0.717, 1.165) is 12.7 Å². The van der Waals surface area contributed by atoms with Crippen molar-refractivity contribution in [2.45, 2.75) is 31.5 Å². The van der Waals surface area contributed by atoms with E-state index in [1.165, 1.54) is 0 Å².